The molecular formula is C16H21F3N2. The van der Waals surface area contributed by atoms with E-state index < -0.39 is 11.7 Å². The minimum atomic E-state index is -4.30. The van der Waals surface area contributed by atoms with Gasteiger partial charge in [-0.15, -0.1) is 0 Å². The van der Waals surface area contributed by atoms with Crippen LogP contribution in [0.5, 0.6) is 0 Å². The summed E-state index contributed by atoms with van der Waals surface area (Å²) in [5.41, 5.74) is 0.554. The smallest absolute Gasteiger partial charge is 0.368 e. The SMILES string of the molecule is CCN(c1ccc(CNC2CC2)cc1C(F)(F)F)C1CC1. The Morgan fingerprint density at radius 3 is 2.43 bits per heavy atom. The molecule has 0 saturated heterocycles. The van der Waals surface area contributed by atoms with Crippen molar-refractivity contribution in [1.82, 2.24) is 5.32 Å². The van der Waals surface area contributed by atoms with Gasteiger partial charge in [-0.25, -0.2) is 0 Å². The second-order valence-corrected chi connectivity index (χ2v) is 6.02. The third kappa shape index (κ3) is 3.51. The number of nitrogens with zero attached hydrogens (tertiary/aromatic N) is 1. The molecule has 0 spiro atoms. The average molecular weight is 298 g/mol. The van der Waals surface area contributed by atoms with Crippen molar-refractivity contribution in [2.24, 2.45) is 0 Å². The minimum absolute atomic E-state index is 0.284. The van der Waals surface area contributed by atoms with Gasteiger partial charge in [-0.2, -0.15) is 13.2 Å². The van der Waals surface area contributed by atoms with E-state index in [2.05, 4.69) is 5.32 Å². The van der Waals surface area contributed by atoms with Crippen LogP contribution in [-0.2, 0) is 12.7 Å². The summed E-state index contributed by atoms with van der Waals surface area (Å²) in [6, 6.07) is 5.57. The largest absolute Gasteiger partial charge is 0.418 e. The molecule has 1 aromatic rings. The zero-order valence-electron chi connectivity index (χ0n) is 12.2. The van der Waals surface area contributed by atoms with Crippen molar-refractivity contribution >= 4 is 5.69 Å². The van der Waals surface area contributed by atoms with Gasteiger partial charge in [-0.05, 0) is 50.3 Å². The third-order valence-electron chi connectivity index (χ3n) is 4.18. The summed E-state index contributed by atoms with van der Waals surface area (Å²) in [7, 11) is 0. The van der Waals surface area contributed by atoms with E-state index in [4.69, 9.17) is 0 Å². The van der Waals surface area contributed by atoms with E-state index in [0.717, 1.165) is 25.7 Å². The van der Waals surface area contributed by atoms with Crippen LogP contribution >= 0.6 is 0 Å². The first-order chi connectivity index (χ1) is 9.99. The first kappa shape index (κ1) is 14.7. The van der Waals surface area contributed by atoms with Gasteiger partial charge in [0.15, 0.2) is 0 Å². The predicted molar refractivity (Wildman–Crippen MR) is 77.3 cm³/mol. The van der Waals surface area contributed by atoms with Gasteiger partial charge >= 0.3 is 6.18 Å². The lowest BCUT2D eigenvalue weighted by Gasteiger charge is -2.27. The molecule has 0 radical (unpaired) electrons. The Morgan fingerprint density at radius 1 is 1.19 bits per heavy atom. The number of hydrogen-bond acceptors (Lipinski definition) is 2. The lowest BCUT2D eigenvalue weighted by Crippen LogP contribution is -2.28. The molecule has 3 rings (SSSR count). The number of hydrogen-bond donors (Lipinski definition) is 1. The maximum Gasteiger partial charge on any atom is 0.418 e. The van der Waals surface area contributed by atoms with E-state index in [1.165, 1.54) is 6.07 Å². The molecule has 5 heteroatoms. The molecule has 1 aromatic carbocycles. The average Bonchev–Trinajstić information content (AvgIpc) is 3.30. The molecule has 1 N–H and O–H groups in total. The Bertz CT molecular complexity index is 505. The van der Waals surface area contributed by atoms with Crippen molar-refractivity contribution in [1.29, 1.82) is 0 Å². The normalized spacial score (nSPS) is 18.9. The zero-order valence-corrected chi connectivity index (χ0v) is 12.2. The van der Waals surface area contributed by atoms with Crippen molar-refractivity contribution in [3.05, 3.63) is 29.3 Å². The van der Waals surface area contributed by atoms with Crippen LogP contribution in [0, 0.1) is 0 Å². The number of anilines is 1. The van der Waals surface area contributed by atoms with Gasteiger partial charge in [0.1, 0.15) is 0 Å². The van der Waals surface area contributed by atoms with Gasteiger partial charge in [0, 0.05) is 30.9 Å². The minimum Gasteiger partial charge on any atom is -0.368 e. The Balaban J connectivity index is 1.86. The molecule has 2 fully saturated rings. The van der Waals surface area contributed by atoms with Crippen molar-refractivity contribution in [3.63, 3.8) is 0 Å². The second kappa shape index (κ2) is 5.52. The van der Waals surface area contributed by atoms with Crippen molar-refractivity contribution in [3.8, 4) is 0 Å². The first-order valence-electron chi connectivity index (χ1n) is 7.69. The van der Waals surface area contributed by atoms with E-state index in [1.807, 2.05) is 17.9 Å². The van der Waals surface area contributed by atoms with Crippen LogP contribution in [0.3, 0.4) is 0 Å². The molecule has 2 nitrogen and oxygen atoms in total. The van der Waals surface area contributed by atoms with Gasteiger partial charge in [0.25, 0.3) is 0 Å². The summed E-state index contributed by atoms with van der Waals surface area (Å²) in [6.45, 7) is 3.05. The lowest BCUT2D eigenvalue weighted by atomic mass is 10.1. The molecule has 2 aliphatic rings. The van der Waals surface area contributed by atoms with Gasteiger partial charge in [0.05, 0.1) is 5.56 Å². The van der Waals surface area contributed by atoms with Crippen LogP contribution in [0.15, 0.2) is 18.2 Å². The van der Waals surface area contributed by atoms with Crippen LogP contribution in [0.4, 0.5) is 18.9 Å². The number of benzene rings is 1. The molecule has 0 bridgehead atoms. The molecule has 2 saturated carbocycles. The van der Waals surface area contributed by atoms with Crippen LogP contribution in [0.2, 0.25) is 0 Å². The molecular weight excluding hydrogens is 277 g/mol. The monoisotopic (exact) mass is 298 g/mol. The van der Waals surface area contributed by atoms with Gasteiger partial charge in [0.2, 0.25) is 0 Å². The van der Waals surface area contributed by atoms with Gasteiger partial charge < -0.3 is 10.2 Å². The Kier molecular flexibility index (Phi) is 3.86. The second-order valence-electron chi connectivity index (χ2n) is 6.02. The number of rotatable bonds is 6. The Hall–Kier alpha value is -1.23. The highest BCUT2D eigenvalue weighted by molar-refractivity contribution is 5.58. The Morgan fingerprint density at radius 2 is 1.90 bits per heavy atom. The predicted octanol–water partition coefficient (Wildman–Crippen LogP) is 3.95. The fourth-order valence-electron chi connectivity index (χ4n) is 2.73. The molecule has 0 heterocycles. The summed E-state index contributed by atoms with van der Waals surface area (Å²) in [5, 5.41) is 3.27. The van der Waals surface area contributed by atoms with Crippen LogP contribution in [-0.4, -0.2) is 18.6 Å². The van der Waals surface area contributed by atoms with E-state index >= 15 is 0 Å². The summed E-state index contributed by atoms with van der Waals surface area (Å²) in [6.07, 6.45) is -0.0372. The van der Waals surface area contributed by atoms with Crippen LogP contribution < -0.4 is 10.2 Å². The van der Waals surface area contributed by atoms with Crippen LogP contribution in [0.1, 0.15) is 43.7 Å². The number of halogens is 3. The molecule has 0 unspecified atom stereocenters. The van der Waals surface area contributed by atoms with E-state index in [9.17, 15) is 13.2 Å². The molecule has 116 valence electrons. The summed E-state index contributed by atoms with van der Waals surface area (Å²) < 4.78 is 40.1. The van der Waals surface area contributed by atoms with E-state index in [1.54, 1.807) is 6.07 Å². The highest BCUT2D eigenvalue weighted by Crippen LogP contribution is 2.41. The molecule has 0 atom stereocenters. The van der Waals surface area contributed by atoms with Crippen molar-refractivity contribution in [2.45, 2.75) is 57.4 Å². The lowest BCUT2D eigenvalue weighted by molar-refractivity contribution is -0.137. The molecule has 0 aliphatic heterocycles. The highest BCUT2D eigenvalue weighted by atomic mass is 19.4. The maximum atomic E-state index is 13.4. The van der Waals surface area contributed by atoms with E-state index in [0.29, 0.717) is 30.4 Å². The van der Waals surface area contributed by atoms with Gasteiger partial charge in [-0.1, -0.05) is 6.07 Å². The van der Waals surface area contributed by atoms with Gasteiger partial charge in [-0.3, -0.25) is 0 Å². The summed E-state index contributed by atoms with van der Waals surface area (Å²) in [4.78, 5) is 1.89. The fraction of sp³-hybridized carbons (Fsp3) is 0.625. The third-order valence-corrected chi connectivity index (χ3v) is 4.18. The fourth-order valence-corrected chi connectivity index (χ4v) is 2.73. The number of alkyl halides is 3. The number of nitrogens with one attached hydrogen (secondary N) is 1. The topological polar surface area (TPSA) is 15.3 Å². The summed E-state index contributed by atoms with van der Waals surface area (Å²) in [5.74, 6) is 0. The first-order valence-corrected chi connectivity index (χ1v) is 7.69. The van der Waals surface area contributed by atoms with Crippen molar-refractivity contribution < 1.29 is 13.2 Å². The van der Waals surface area contributed by atoms with E-state index in [-0.39, 0.29) is 6.04 Å². The summed E-state index contributed by atoms with van der Waals surface area (Å²) >= 11 is 0. The maximum absolute atomic E-state index is 13.4. The van der Waals surface area contributed by atoms with Crippen molar-refractivity contribution in [2.75, 3.05) is 11.4 Å². The standard InChI is InChI=1S/C16H21F3N2/c1-2-21(13-6-7-13)15-8-3-11(10-20-12-4-5-12)9-14(15)16(17,18)19/h3,8-9,12-13,20H,2,4-7,10H2,1H3. The highest BCUT2D eigenvalue weighted by Gasteiger charge is 2.38. The molecule has 2 aliphatic carbocycles. The zero-order chi connectivity index (χ0) is 15.0. The molecule has 21 heavy (non-hydrogen) atoms. The molecule has 0 amide bonds. The van der Waals surface area contributed by atoms with Crippen LogP contribution in [0.25, 0.3) is 0 Å². The molecule has 0 aromatic heterocycles. The quantitative estimate of drug-likeness (QED) is 0.855. The Labute approximate surface area is 123 Å².